The fourth-order valence-electron chi connectivity index (χ4n) is 7.10. The van der Waals surface area contributed by atoms with Crippen LogP contribution in [0.5, 0.6) is 0 Å². The molecular formula is C41H77NO13. The van der Waals surface area contributed by atoms with Crippen molar-refractivity contribution in [1.82, 2.24) is 5.32 Å². The Morgan fingerprint density at radius 1 is 0.636 bits per heavy atom. The molecule has 2 heterocycles. The fourth-order valence-corrected chi connectivity index (χ4v) is 7.10. The van der Waals surface area contributed by atoms with Gasteiger partial charge in [0.2, 0.25) is 5.91 Å². The van der Waals surface area contributed by atoms with Crippen molar-refractivity contribution in [3.8, 4) is 0 Å². The highest BCUT2D eigenvalue weighted by molar-refractivity contribution is 5.76. The van der Waals surface area contributed by atoms with Crippen LogP contribution in [0, 0.1) is 0 Å². The summed E-state index contributed by atoms with van der Waals surface area (Å²) in [6.07, 6.45) is 9.52. The first-order valence-corrected chi connectivity index (χ1v) is 21.4. The first-order valence-electron chi connectivity index (χ1n) is 21.4. The van der Waals surface area contributed by atoms with Gasteiger partial charge in [0.25, 0.3) is 0 Å². The number of unbranched alkanes of at least 4 members (excludes halogenated alkanes) is 16. The monoisotopic (exact) mass is 792 g/mol. The summed E-state index contributed by atoms with van der Waals surface area (Å²) in [5.74, 6) is -0.221. The summed E-state index contributed by atoms with van der Waals surface area (Å²) in [6, 6.07) is -0.825. The van der Waals surface area contributed by atoms with Crippen LogP contribution in [0.25, 0.3) is 0 Å². The molecule has 0 aromatic heterocycles. The summed E-state index contributed by atoms with van der Waals surface area (Å²) >= 11 is 0. The number of ether oxygens (including phenoxy) is 4. The molecule has 2 rings (SSSR count). The second-order valence-electron chi connectivity index (χ2n) is 15.5. The number of allylic oxidation sites excluding steroid dienone is 2. The largest absolute Gasteiger partial charge is 0.394 e. The predicted octanol–water partition coefficient (Wildman–Crippen LogP) is 3.26. The Morgan fingerprint density at radius 2 is 1.16 bits per heavy atom. The lowest BCUT2D eigenvalue weighted by Crippen LogP contribution is -2.65. The molecule has 2 fully saturated rings. The number of rotatable bonds is 31. The minimum absolute atomic E-state index is 0.221. The Labute approximate surface area is 329 Å². The summed E-state index contributed by atoms with van der Waals surface area (Å²) in [5, 5.41) is 86.3. The minimum Gasteiger partial charge on any atom is -0.394 e. The van der Waals surface area contributed by atoms with E-state index < -0.39 is 86.8 Å². The SMILES string of the molecule is CCCC/C=C\CCCCCCCC(=O)NC(COC1OC(CO)C(OC2OC(CO)C(O)C(O)C2O)C(O)C1O)C(O)CCCCCCCCCCCC. The van der Waals surface area contributed by atoms with Crippen LogP contribution in [0.2, 0.25) is 0 Å². The van der Waals surface area contributed by atoms with Crippen LogP contribution in [0.4, 0.5) is 0 Å². The fraction of sp³-hybridized carbons (Fsp3) is 0.927. The van der Waals surface area contributed by atoms with Gasteiger partial charge in [-0.1, -0.05) is 122 Å². The molecule has 14 nitrogen and oxygen atoms in total. The number of amides is 1. The summed E-state index contributed by atoms with van der Waals surface area (Å²) in [7, 11) is 0. The molecule has 1 amide bonds. The van der Waals surface area contributed by atoms with Crippen molar-refractivity contribution in [2.24, 2.45) is 0 Å². The standard InChI is InChI=1S/C41H77NO13/c1-3-5-7-9-11-13-15-17-19-21-23-25-33(46)42-29(30(45)24-22-20-18-16-14-12-10-8-6-4-2)28-52-40-38(51)36(49)39(32(27-44)54-40)55-41-37(50)35(48)34(47)31(26-43)53-41/h9,11,29-32,34-41,43-45,47-51H,3-8,10,12-28H2,1-2H3,(H,42,46)/b11-9-. The predicted molar refractivity (Wildman–Crippen MR) is 208 cm³/mol. The average molecular weight is 792 g/mol. The number of aliphatic hydroxyl groups excluding tert-OH is 8. The second kappa shape index (κ2) is 29.9. The van der Waals surface area contributed by atoms with E-state index in [-0.39, 0.29) is 12.5 Å². The van der Waals surface area contributed by atoms with E-state index in [1.165, 1.54) is 51.4 Å². The van der Waals surface area contributed by atoms with E-state index in [9.17, 15) is 45.6 Å². The molecule has 0 radical (unpaired) electrons. The maximum absolute atomic E-state index is 13.0. The summed E-state index contributed by atoms with van der Waals surface area (Å²) in [6.45, 7) is 2.75. The zero-order chi connectivity index (χ0) is 40.4. The Bertz CT molecular complexity index is 988. The molecule has 2 saturated heterocycles. The molecule has 0 spiro atoms. The summed E-state index contributed by atoms with van der Waals surface area (Å²) in [5.41, 5.74) is 0. The Balaban J connectivity index is 1.92. The van der Waals surface area contributed by atoms with Crippen LogP contribution < -0.4 is 5.32 Å². The second-order valence-corrected chi connectivity index (χ2v) is 15.5. The van der Waals surface area contributed by atoms with Crippen molar-refractivity contribution in [3.63, 3.8) is 0 Å². The van der Waals surface area contributed by atoms with Gasteiger partial charge in [0.1, 0.15) is 48.8 Å². The molecule has 0 saturated carbocycles. The van der Waals surface area contributed by atoms with Gasteiger partial charge in [0.05, 0.1) is 32.0 Å². The summed E-state index contributed by atoms with van der Waals surface area (Å²) < 4.78 is 22.6. The maximum Gasteiger partial charge on any atom is 0.220 e. The van der Waals surface area contributed by atoms with E-state index in [0.717, 1.165) is 64.2 Å². The molecule has 9 N–H and O–H groups in total. The molecule has 324 valence electrons. The van der Waals surface area contributed by atoms with Gasteiger partial charge in [-0.2, -0.15) is 0 Å². The van der Waals surface area contributed by atoms with Crippen LogP contribution in [0.15, 0.2) is 12.2 Å². The molecule has 12 atom stereocenters. The first-order chi connectivity index (χ1) is 26.6. The number of aliphatic hydroxyl groups is 8. The molecule has 0 aromatic rings. The molecule has 55 heavy (non-hydrogen) atoms. The number of hydrogen-bond acceptors (Lipinski definition) is 13. The third-order valence-electron chi connectivity index (χ3n) is 10.7. The number of carbonyl (C=O) groups is 1. The van der Waals surface area contributed by atoms with E-state index in [1.807, 2.05) is 0 Å². The van der Waals surface area contributed by atoms with Gasteiger partial charge >= 0.3 is 0 Å². The van der Waals surface area contributed by atoms with Gasteiger partial charge < -0.3 is 65.1 Å². The zero-order valence-corrected chi connectivity index (χ0v) is 33.7. The third kappa shape index (κ3) is 18.9. The Hall–Kier alpha value is -1.27. The number of carbonyl (C=O) groups excluding carboxylic acids is 1. The van der Waals surface area contributed by atoms with E-state index in [2.05, 4.69) is 31.3 Å². The minimum atomic E-state index is -1.78. The molecule has 0 bridgehead atoms. The van der Waals surface area contributed by atoms with E-state index >= 15 is 0 Å². The highest BCUT2D eigenvalue weighted by atomic mass is 16.7. The van der Waals surface area contributed by atoms with Gasteiger partial charge in [0.15, 0.2) is 12.6 Å². The number of nitrogens with one attached hydrogen (secondary N) is 1. The summed E-state index contributed by atoms with van der Waals surface area (Å²) in [4.78, 5) is 13.0. The third-order valence-corrected chi connectivity index (χ3v) is 10.7. The van der Waals surface area contributed by atoms with Gasteiger partial charge in [-0.15, -0.1) is 0 Å². The molecule has 0 aliphatic carbocycles. The van der Waals surface area contributed by atoms with Crippen molar-refractivity contribution < 1.29 is 64.6 Å². The lowest BCUT2D eigenvalue weighted by Gasteiger charge is -2.46. The molecular weight excluding hydrogens is 714 g/mol. The smallest absolute Gasteiger partial charge is 0.220 e. The van der Waals surface area contributed by atoms with Crippen molar-refractivity contribution in [2.45, 2.75) is 222 Å². The van der Waals surface area contributed by atoms with E-state index in [4.69, 9.17) is 18.9 Å². The highest BCUT2D eigenvalue weighted by Crippen LogP contribution is 2.30. The van der Waals surface area contributed by atoms with Crippen molar-refractivity contribution >= 4 is 5.91 Å². The van der Waals surface area contributed by atoms with E-state index in [1.54, 1.807) is 0 Å². The lowest BCUT2D eigenvalue weighted by molar-refractivity contribution is -0.359. The van der Waals surface area contributed by atoms with Crippen molar-refractivity contribution in [3.05, 3.63) is 12.2 Å². The molecule has 14 heteroatoms. The molecule has 12 unspecified atom stereocenters. The average Bonchev–Trinajstić information content (AvgIpc) is 3.18. The van der Waals surface area contributed by atoms with Crippen molar-refractivity contribution in [1.29, 1.82) is 0 Å². The molecule has 2 aliphatic heterocycles. The van der Waals surface area contributed by atoms with Crippen LogP contribution in [-0.4, -0.2) is 140 Å². The van der Waals surface area contributed by atoms with Crippen molar-refractivity contribution in [2.75, 3.05) is 19.8 Å². The maximum atomic E-state index is 13.0. The Kier molecular flexibility index (Phi) is 27.1. The number of hydrogen-bond donors (Lipinski definition) is 9. The molecule has 0 aromatic carbocycles. The highest BCUT2D eigenvalue weighted by Gasteiger charge is 2.50. The molecule has 2 aliphatic rings. The quantitative estimate of drug-likeness (QED) is 0.0364. The van der Waals surface area contributed by atoms with Crippen LogP contribution in [-0.2, 0) is 23.7 Å². The van der Waals surface area contributed by atoms with Gasteiger partial charge in [-0.05, 0) is 32.1 Å². The Morgan fingerprint density at radius 3 is 1.78 bits per heavy atom. The van der Waals surface area contributed by atoms with Gasteiger partial charge in [-0.25, -0.2) is 0 Å². The van der Waals surface area contributed by atoms with E-state index in [0.29, 0.717) is 19.3 Å². The lowest BCUT2D eigenvalue weighted by atomic mass is 9.97. The first kappa shape index (κ1) is 49.9. The normalized spacial score (nSPS) is 29.8. The topological polar surface area (TPSA) is 228 Å². The van der Waals surface area contributed by atoms with Crippen LogP contribution in [0.3, 0.4) is 0 Å². The zero-order valence-electron chi connectivity index (χ0n) is 33.7. The van der Waals surface area contributed by atoms with Gasteiger partial charge in [0, 0.05) is 6.42 Å². The van der Waals surface area contributed by atoms with Gasteiger partial charge in [-0.3, -0.25) is 4.79 Å². The van der Waals surface area contributed by atoms with Crippen LogP contribution >= 0.6 is 0 Å². The van der Waals surface area contributed by atoms with Crippen LogP contribution in [0.1, 0.15) is 149 Å².